The summed E-state index contributed by atoms with van der Waals surface area (Å²) >= 11 is 0. The van der Waals surface area contributed by atoms with Crippen molar-refractivity contribution in [3.05, 3.63) is 47.1 Å². The van der Waals surface area contributed by atoms with Crippen molar-refractivity contribution in [3.8, 4) is 0 Å². The third-order valence-corrected chi connectivity index (χ3v) is 5.90. The highest BCUT2D eigenvalue weighted by atomic mass is 15.4. The molecule has 1 aliphatic carbocycles. The van der Waals surface area contributed by atoms with Crippen LogP contribution in [0.3, 0.4) is 0 Å². The van der Waals surface area contributed by atoms with Gasteiger partial charge in [0, 0.05) is 17.5 Å². The van der Waals surface area contributed by atoms with E-state index >= 15 is 0 Å². The first-order valence-corrected chi connectivity index (χ1v) is 10.7. The molecule has 4 rings (SSSR count). The molecule has 0 fully saturated rings. The molecule has 2 aromatic heterocycles. The zero-order valence-electron chi connectivity index (χ0n) is 18.2. The summed E-state index contributed by atoms with van der Waals surface area (Å²) in [4.78, 5) is 7.89. The van der Waals surface area contributed by atoms with Crippen LogP contribution in [0.15, 0.2) is 46.6 Å². The summed E-state index contributed by atoms with van der Waals surface area (Å²) in [5.74, 6) is 1.42. The van der Waals surface area contributed by atoms with E-state index < -0.39 is 0 Å². The summed E-state index contributed by atoms with van der Waals surface area (Å²) < 4.78 is 0. The number of hydrogen-bond donors (Lipinski definition) is 2. The maximum absolute atomic E-state index is 4.54. The number of nitrogens with zero attached hydrogens (tertiary/aromatic N) is 4. The number of benzene rings is 1. The molecule has 0 aliphatic heterocycles. The van der Waals surface area contributed by atoms with Gasteiger partial charge in [-0.25, -0.2) is 5.43 Å². The second-order valence-electron chi connectivity index (χ2n) is 8.61. The van der Waals surface area contributed by atoms with E-state index in [2.05, 4.69) is 76.6 Å². The number of H-pyrrole nitrogens is 1. The van der Waals surface area contributed by atoms with Gasteiger partial charge in [-0.2, -0.15) is 10.1 Å². The van der Waals surface area contributed by atoms with E-state index in [1.807, 2.05) is 18.3 Å². The Kier molecular flexibility index (Phi) is 5.93. The number of anilines is 1. The molecule has 6 nitrogen and oxygen atoms in total. The third kappa shape index (κ3) is 4.42. The minimum atomic E-state index is 0.407. The fourth-order valence-corrected chi connectivity index (χ4v) is 4.12. The van der Waals surface area contributed by atoms with Crippen LogP contribution in [0.4, 0.5) is 5.95 Å². The van der Waals surface area contributed by atoms with Gasteiger partial charge in [-0.15, -0.1) is 10.2 Å². The predicted octanol–water partition coefficient (Wildman–Crippen LogP) is 5.93. The SMILES string of the molecule is CC(C)=CCCC1=CCC(C=NNc2nnc3c(n2)[nH]c2c(C)cccc23)C(C)C1. The van der Waals surface area contributed by atoms with Crippen molar-refractivity contribution in [2.75, 3.05) is 5.43 Å². The highest BCUT2D eigenvalue weighted by Gasteiger charge is 2.20. The zero-order chi connectivity index (χ0) is 21.1. The Morgan fingerprint density at radius 1 is 1.30 bits per heavy atom. The molecule has 6 heteroatoms. The largest absolute Gasteiger partial charge is 0.337 e. The van der Waals surface area contributed by atoms with Crippen LogP contribution in [0, 0.1) is 18.8 Å². The fourth-order valence-electron chi connectivity index (χ4n) is 4.12. The summed E-state index contributed by atoms with van der Waals surface area (Å²) in [7, 11) is 0. The first-order valence-electron chi connectivity index (χ1n) is 10.7. The molecular formula is C24H30N6. The number of fused-ring (bicyclic) bond motifs is 3. The molecule has 2 heterocycles. The summed E-state index contributed by atoms with van der Waals surface area (Å²) in [5, 5.41) is 14.0. The Hall–Kier alpha value is -3.02. The van der Waals surface area contributed by atoms with E-state index in [-0.39, 0.29) is 0 Å². The molecule has 30 heavy (non-hydrogen) atoms. The van der Waals surface area contributed by atoms with Crippen molar-refractivity contribution in [2.24, 2.45) is 16.9 Å². The maximum Gasteiger partial charge on any atom is 0.265 e. The number of nitrogens with one attached hydrogen (secondary N) is 2. The quantitative estimate of drug-likeness (QED) is 0.304. The van der Waals surface area contributed by atoms with Crippen LogP contribution in [0.25, 0.3) is 22.1 Å². The van der Waals surface area contributed by atoms with Crippen molar-refractivity contribution in [2.45, 2.75) is 53.4 Å². The number of hydrogen-bond acceptors (Lipinski definition) is 5. The van der Waals surface area contributed by atoms with Crippen LogP contribution in [0.1, 0.15) is 52.0 Å². The molecular weight excluding hydrogens is 372 g/mol. The van der Waals surface area contributed by atoms with Gasteiger partial charge in [-0.3, -0.25) is 0 Å². The lowest BCUT2D eigenvalue weighted by Crippen LogP contribution is -2.18. The molecule has 156 valence electrons. The molecule has 3 aromatic rings. The van der Waals surface area contributed by atoms with Gasteiger partial charge in [0.1, 0.15) is 5.52 Å². The van der Waals surface area contributed by atoms with Gasteiger partial charge in [0.05, 0.1) is 5.52 Å². The highest BCUT2D eigenvalue weighted by molar-refractivity contribution is 6.04. The van der Waals surface area contributed by atoms with E-state index in [0.29, 0.717) is 17.8 Å². The van der Waals surface area contributed by atoms with Crippen LogP contribution in [0.2, 0.25) is 0 Å². The van der Waals surface area contributed by atoms with Gasteiger partial charge >= 0.3 is 0 Å². The second-order valence-corrected chi connectivity index (χ2v) is 8.61. The monoisotopic (exact) mass is 402 g/mol. The summed E-state index contributed by atoms with van der Waals surface area (Å²) in [6.07, 6.45) is 11.2. The van der Waals surface area contributed by atoms with Crippen LogP contribution in [0.5, 0.6) is 0 Å². The Bertz CT molecular complexity index is 1130. The van der Waals surface area contributed by atoms with Crippen molar-refractivity contribution in [1.82, 2.24) is 20.2 Å². The molecule has 2 unspecified atom stereocenters. The lowest BCUT2D eigenvalue weighted by molar-refractivity contribution is 0.431. The lowest BCUT2D eigenvalue weighted by atomic mass is 9.80. The Morgan fingerprint density at radius 2 is 2.17 bits per heavy atom. The molecule has 0 saturated carbocycles. The second kappa shape index (κ2) is 8.78. The molecule has 2 N–H and O–H groups in total. The minimum Gasteiger partial charge on any atom is -0.337 e. The van der Waals surface area contributed by atoms with E-state index in [1.165, 1.54) is 17.6 Å². The molecule has 1 aromatic carbocycles. The Balaban J connectivity index is 1.40. The summed E-state index contributed by atoms with van der Waals surface area (Å²) in [5.41, 5.74) is 9.66. The van der Waals surface area contributed by atoms with Gasteiger partial charge in [0.25, 0.3) is 5.95 Å². The Morgan fingerprint density at radius 3 is 2.97 bits per heavy atom. The number of hydrazone groups is 1. The molecule has 2 atom stereocenters. The van der Waals surface area contributed by atoms with Gasteiger partial charge in [0.2, 0.25) is 0 Å². The standard InChI is InChI=1S/C24H30N6/c1-15(2)7-5-9-18-11-12-19(17(4)13-18)14-25-29-24-27-23-22(28-30-24)20-10-6-8-16(3)21(20)26-23/h6-8,10-11,14,17,19H,5,9,12-13H2,1-4H3,(H2,26,27,29,30). The minimum absolute atomic E-state index is 0.407. The number of rotatable bonds is 6. The lowest BCUT2D eigenvalue weighted by Gasteiger charge is -2.25. The van der Waals surface area contributed by atoms with E-state index in [0.717, 1.165) is 41.3 Å². The molecule has 1 aliphatic rings. The highest BCUT2D eigenvalue weighted by Crippen LogP contribution is 2.30. The topological polar surface area (TPSA) is 78.8 Å². The average molecular weight is 403 g/mol. The normalized spacial score (nSPS) is 19.4. The third-order valence-electron chi connectivity index (χ3n) is 5.90. The van der Waals surface area contributed by atoms with Gasteiger partial charge < -0.3 is 4.98 Å². The predicted molar refractivity (Wildman–Crippen MR) is 125 cm³/mol. The van der Waals surface area contributed by atoms with Gasteiger partial charge in [-0.1, -0.05) is 48.4 Å². The first kappa shape index (κ1) is 20.3. The van der Waals surface area contributed by atoms with E-state index in [4.69, 9.17) is 0 Å². The van der Waals surface area contributed by atoms with Crippen LogP contribution < -0.4 is 5.43 Å². The summed E-state index contributed by atoms with van der Waals surface area (Å²) in [6, 6.07) is 6.13. The number of aromatic amines is 1. The molecule has 0 saturated heterocycles. The van der Waals surface area contributed by atoms with Crippen LogP contribution in [-0.2, 0) is 0 Å². The molecule has 0 bridgehead atoms. The fraction of sp³-hybridized carbons (Fsp3) is 0.417. The maximum atomic E-state index is 4.54. The molecule has 0 radical (unpaired) electrons. The van der Waals surface area contributed by atoms with Crippen molar-refractivity contribution >= 4 is 34.2 Å². The first-order chi connectivity index (χ1) is 14.5. The van der Waals surface area contributed by atoms with Crippen LogP contribution in [-0.4, -0.2) is 26.4 Å². The zero-order valence-corrected chi connectivity index (χ0v) is 18.2. The van der Waals surface area contributed by atoms with E-state index in [9.17, 15) is 0 Å². The Labute approximate surface area is 177 Å². The van der Waals surface area contributed by atoms with Crippen molar-refractivity contribution in [1.29, 1.82) is 0 Å². The molecule has 0 amide bonds. The number of aryl methyl sites for hydroxylation is 1. The van der Waals surface area contributed by atoms with Crippen molar-refractivity contribution < 1.29 is 0 Å². The number of allylic oxidation sites excluding steroid dienone is 4. The smallest absolute Gasteiger partial charge is 0.265 e. The van der Waals surface area contributed by atoms with Gasteiger partial charge in [-0.05, 0) is 57.9 Å². The average Bonchev–Trinajstić information content (AvgIpc) is 3.09. The van der Waals surface area contributed by atoms with Crippen molar-refractivity contribution in [3.63, 3.8) is 0 Å². The summed E-state index contributed by atoms with van der Waals surface area (Å²) in [6.45, 7) is 8.70. The van der Waals surface area contributed by atoms with E-state index in [1.54, 1.807) is 5.57 Å². The number of para-hydroxylation sites is 1. The molecule has 0 spiro atoms. The van der Waals surface area contributed by atoms with Gasteiger partial charge in [0.15, 0.2) is 5.65 Å². The van der Waals surface area contributed by atoms with Crippen LogP contribution >= 0.6 is 0 Å². The number of aromatic nitrogens is 4.